The van der Waals surface area contributed by atoms with Gasteiger partial charge in [0.1, 0.15) is 5.82 Å². The fourth-order valence-electron chi connectivity index (χ4n) is 1.69. The molecule has 2 rings (SSSR count). The quantitative estimate of drug-likeness (QED) is 0.483. The van der Waals surface area contributed by atoms with Crippen LogP contribution in [0.3, 0.4) is 0 Å². The second-order valence-electron chi connectivity index (χ2n) is 4.05. The highest BCUT2D eigenvalue weighted by Gasteiger charge is 2.17. The summed E-state index contributed by atoms with van der Waals surface area (Å²) in [6.45, 7) is 1.28. The van der Waals surface area contributed by atoms with Gasteiger partial charge >= 0.3 is 0 Å². The predicted molar refractivity (Wildman–Crippen MR) is 73.6 cm³/mol. The third-order valence-corrected chi connectivity index (χ3v) is 3.56. The van der Waals surface area contributed by atoms with Crippen LogP contribution in [0.15, 0.2) is 52.3 Å². The first-order chi connectivity index (χ1) is 9.47. The number of nitro groups is 1. The lowest BCUT2D eigenvalue weighted by Crippen LogP contribution is -2.00. The lowest BCUT2D eigenvalue weighted by atomic mass is 10.1. The van der Waals surface area contributed by atoms with Crippen molar-refractivity contribution < 1.29 is 14.1 Å². The maximum atomic E-state index is 13.1. The summed E-state index contributed by atoms with van der Waals surface area (Å²) in [4.78, 5) is 23.0. The number of ketones is 1. The molecule has 4 nitrogen and oxygen atoms in total. The minimum absolute atomic E-state index is 0.0522. The van der Waals surface area contributed by atoms with Gasteiger partial charge in [-0.25, -0.2) is 4.39 Å². The lowest BCUT2D eigenvalue weighted by Gasteiger charge is -2.04. The molecule has 0 aliphatic carbocycles. The Bertz CT molecular complexity index is 688. The molecule has 0 saturated heterocycles. The molecular weight excluding hydrogens is 281 g/mol. The van der Waals surface area contributed by atoms with Crippen molar-refractivity contribution in [2.24, 2.45) is 0 Å². The largest absolute Gasteiger partial charge is 0.294 e. The van der Waals surface area contributed by atoms with Gasteiger partial charge in [0.15, 0.2) is 5.78 Å². The van der Waals surface area contributed by atoms with Crippen molar-refractivity contribution in [3.05, 3.63) is 64.0 Å². The topological polar surface area (TPSA) is 60.2 Å². The van der Waals surface area contributed by atoms with Gasteiger partial charge < -0.3 is 0 Å². The predicted octanol–water partition coefficient (Wildman–Crippen LogP) is 4.09. The lowest BCUT2D eigenvalue weighted by molar-refractivity contribution is -0.385. The van der Waals surface area contributed by atoms with Crippen LogP contribution in [0.2, 0.25) is 0 Å². The highest BCUT2D eigenvalue weighted by Crippen LogP contribution is 2.31. The van der Waals surface area contributed by atoms with E-state index in [1.807, 2.05) is 0 Å². The van der Waals surface area contributed by atoms with Crippen molar-refractivity contribution in [2.75, 3.05) is 0 Å². The van der Waals surface area contributed by atoms with E-state index in [2.05, 4.69) is 0 Å². The average Bonchev–Trinajstić information content (AvgIpc) is 2.38. The molecule has 0 aromatic heterocycles. The van der Waals surface area contributed by atoms with Gasteiger partial charge in [0.25, 0.3) is 5.69 Å². The molecular formula is C14H10FNO3S. The molecule has 2 aromatic carbocycles. The van der Waals surface area contributed by atoms with Crippen molar-refractivity contribution in [3.63, 3.8) is 0 Å². The van der Waals surface area contributed by atoms with Crippen molar-refractivity contribution in [1.29, 1.82) is 0 Å². The molecule has 0 heterocycles. The van der Waals surface area contributed by atoms with E-state index in [0.717, 1.165) is 0 Å². The Labute approximate surface area is 118 Å². The SMILES string of the molecule is CC(=O)c1cc(Sc2cccc(F)c2)ccc1[N+](=O)[O-]. The number of carbonyl (C=O) groups excluding carboxylic acids is 1. The van der Waals surface area contributed by atoms with Gasteiger partial charge in [0.05, 0.1) is 10.5 Å². The second-order valence-corrected chi connectivity index (χ2v) is 5.20. The van der Waals surface area contributed by atoms with Gasteiger partial charge in [-0.15, -0.1) is 0 Å². The van der Waals surface area contributed by atoms with Gasteiger partial charge in [-0.1, -0.05) is 17.8 Å². The molecule has 0 radical (unpaired) electrons. The van der Waals surface area contributed by atoms with E-state index in [1.54, 1.807) is 18.2 Å². The van der Waals surface area contributed by atoms with E-state index in [0.29, 0.717) is 9.79 Å². The number of hydrogen-bond acceptors (Lipinski definition) is 4. The number of nitro benzene ring substituents is 1. The fourth-order valence-corrected chi connectivity index (χ4v) is 2.59. The Morgan fingerprint density at radius 2 is 1.90 bits per heavy atom. The number of nitrogens with zero attached hydrogens (tertiary/aromatic N) is 1. The fraction of sp³-hybridized carbons (Fsp3) is 0.0714. The highest BCUT2D eigenvalue weighted by molar-refractivity contribution is 7.99. The van der Waals surface area contributed by atoms with Crippen LogP contribution in [0.4, 0.5) is 10.1 Å². The molecule has 2 aromatic rings. The summed E-state index contributed by atoms with van der Waals surface area (Å²) in [6, 6.07) is 10.3. The van der Waals surface area contributed by atoms with E-state index < -0.39 is 4.92 Å². The maximum absolute atomic E-state index is 13.1. The van der Waals surface area contributed by atoms with Crippen LogP contribution in [0.1, 0.15) is 17.3 Å². The average molecular weight is 291 g/mol. The minimum Gasteiger partial charge on any atom is -0.294 e. The summed E-state index contributed by atoms with van der Waals surface area (Å²) in [5.41, 5.74) is -0.169. The van der Waals surface area contributed by atoms with Crippen LogP contribution in [0.25, 0.3) is 0 Å². The van der Waals surface area contributed by atoms with Crippen molar-refractivity contribution in [1.82, 2.24) is 0 Å². The molecule has 0 N–H and O–H groups in total. The zero-order valence-electron chi connectivity index (χ0n) is 10.5. The zero-order chi connectivity index (χ0) is 14.7. The first kappa shape index (κ1) is 14.2. The van der Waals surface area contributed by atoms with E-state index in [4.69, 9.17) is 0 Å². The molecule has 102 valence electrons. The summed E-state index contributed by atoms with van der Waals surface area (Å²) in [5, 5.41) is 10.8. The molecule has 0 bridgehead atoms. The van der Waals surface area contributed by atoms with Crippen molar-refractivity contribution in [2.45, 2.75) is 16.7 Å². The molecule has 0 atom stereocenters. The Hall–Kier alpha value is -2.21. The Kier molecular flexibility index (Phi) is 4.14. The van der Waals surface area contributed by atoms with Crippen LogP contribution in [0.5, 0.6) is 0 Å². The van der Waals surface area contributed by atoms with Crippen LogP contribution in [-0.2, 0) is 0 Å². The number of carbonyl (C=O) groups is 1. The molecule has 0 fully saturated rings. The summed E-state index contributed by atoms with van der Waals surface area (Å²) >= 11 is 1.24. The molecule has 6 heteroatoms. The molecule has 0 spiro atoms. The smallest absolute Gasteiger partial charge is 0.280 e. The number of benzene rings is 2. The van der Waals surface area contributed by atoms with Gasteiger partial charge in [-0.05, 0) is 37.3 Å². The Morgan fingerprint density at radius 3 is 2.50 bits per heavy atom. The highest BCUT2D eigenvalue weighted by atomic mass is 32.2. The summed E-state index contributed by atoms with van der Waals surface area (Å²) in [5.74, 6) is -0.734. The Balaban J connectivity index is 2.36. The van der Waals surface area contributed by atoms with Gasteiger partial charge in [-0.2, -0.15) is 0 Å². The summed E-state index contributed by atoms with van der Waals surface area (Å²) in [7, 11) is 0. The molecule has 0 aliphatic heterocycles. The number of rotatable bonds is 4. The van der Waals surface area contributed by atoms with E-state index in [1.165, 1.54) is 43.0 Å². The monoisotopic (exact) mass is 291 g/mol. The van der Waals surface area contributed by atoms with Gasteiger partial charge in [-0.3, -0.25) is 14.9 Å². The summed E-state index contributed by atoms with van der Waals surface area (Å²) < 4.78 is 13.1. The standard InChI is InChI=1S/C14H10FNO3S/c1-9(17)13-8-12(5-6-14(13)16(18)19)20-11-4-2-3-10(15)7-11/h2-8H,1H3. The van der Waals surface area contributed by atoms with Crippen LogP contribution < -0.4 is 0 Å². The van der Waals surface area contributed by atoms with Gasteiger partial charge in [0.2, 0.25) is 0 Å². The zero-order valence-corrected chi connectivity index (χ0v) is 11.3. The maximum Gasteiger partial charge on any atom is 0.280 e. The summed E-state index contributed by atoms with van der Waals surface area (Å²) in [6.07, 6.45) is 0. The van der Waals surface area contributed by atoms with E-state index in [9.17, 15) is 19.3 Å². The number of halogens is 1. The molecule has 0 unspecified atom stereocenters. The van der Waals surface area contributed by atoms with Crippen LogP contribution >= 0.6 is 11.8 Å². The molecule has 0 amide bonds. The first-order valence-corrected chi connectivity index (χ1v) is 6.52. The van der Waals surface area contributed by atoms with Crippen LogP contribution in [-0.4, -0.2) is 10.7 Å². The first-order valence-electron chi connectivity index (χ1n) is 5.70. The van der Waals surface area contributed by atoms with Crippen molar-refractivity contribution in [3.8, 4) is 0 Å². The second kappa shape index (κ2) is 5.83. The molecule has 0 aliphatic rings. The third-order valence-electron chi connectivity index (χ3n) is 2.58. The Morgan fingerprint density at radius 1 is 1.20 bits per heavy atom. The van der Waals surface area contributed by atoms with Crippen LogP contribution in [0, 0.1) is 15.9 Å². The number of Topliss-reactive ketones (excluding diaryl/α,β-unsaturated/α-hetero) is 1. The van der Waals surface area contributed by atoms with E-state index >= 15 is 0 Å². The molecule has 20 heavy (non-hydrogen) atoms. The van der Waals surface area contributed by atoms with Crippen molar-refractivity contribution >= 4 is 23.2 Å². The molecule has 0 saturated carbocycles. The van der Waals surface area contributed by atoms with E-state index in [-0.39, 0.29) is 22.9 Å². The minimum atomic E-state index is -0.590. The third kappa shape index (κ3) is 3.21. The normalized spacial score (nSPS) is 10.3. The number of hydrogen-bond donors (Lipinski definition) is 0. The van der Waals surface area contributed by atoms with Gasteiger partial charge in [0, 0.05) is 15.9 Å².